The summed E-state index contributed by atoms with van der Waals surface area (Å²) in [6.45, 7) is 1.13. The zero-order valence-corrected chi connectivity index (χ0v) is 12.4. The molecule has 3 rings (SSSR count). The summed E-state index contributed by atoms with van der Waals surface area (Å²) in [6, 6.07) is 6.96. The van der Waals surface area contributed by atoms with Crippen molar-refractivity contribution in [3.8, 4) is 0 Å². The van der Waals surface area contributed by atoms with Crippen LogP contribution in [0, 0.1) is 9.49 Å². The maximum absolute atomic E-state index is 9.01. The molecule has 4 heteroatoms. The number of fused-ring (bicyclic) bond motifs is 3. The lowest BCUT2D eigenvalue weighted by Crippen LogP contribution is -2.36. The summed E-state index contributed by atoms with van der Waals surface area (Å²) in [4.78, 5) is 0. The van der Waals surface area contributed by atoms with Gasteiger partial charge in [0, 0.05) is 40.0 Å². The highest BCUT2D eigenvalue weighted by Crippen LogP contribution is 2.45. The van der Waals surface area contributed by atoms with Gasteiger partial charge >= 0.3 is 0 Å². The quantitative estimate of drug-likeness (QED) is 0.816. The molecule has 0 amide bonds. The van der Waals surface area contributed by atoms with Crippen LogP contribution in [0.3, 0.4) is 0 Å². The fourth-order valence-corrected chi connectivity index (χ4v) is 3.66. The predicted molar refractivity (Wildman–Crippen MR) is 79.7 cm³/mol. The topological polar surface area (TPSA) is 41.5 Å². The Morgan fingerprint density at radius 1 is 1.44 bits per heavy atom. The van der Waals surface area contributed by atoms with E-state index in [1.165, 1.54) is 14.8 Å². The molecular formula is C14H18INO2. The average Bonchev–Trinajstić information content (AvgIpc) is 2.86. The SMILES string of the molecule is OCCCC1Nc2ccc(I)cc2[C@H]2OCC[C@@H]12. The number of halogens is 1. The maximum atomic E-state index is 9.01. The molecule has 98 valence electrons. The molecule has 0 radical (unpaired) electrons. The van der Waals surface area contributed by atoms with Crippen molar-refractivity contribution in [3.05, 3.63) is 27.3 Å². The van der Waals surface area contributed by atoms with E-state index in [1.807, 2.05) is 0 Å². The average molecular weight is 359 g/mol. The van der Waals surface area contributed by atoms with Crippen LogP contribution in [0.4, 0.5) is 5.69 Å². The molecular weight excluding hydrogens is 341 g/mol. The summed E-state index contributed by atoms with van der Waals surface area (Å²) in [6.07, 6.45) is 3.26. The van der Waals surface area contributed by atoms with Gasteiger partial charge in [0.25, 0.3) is 0 Å². The predicted octanol–water partition coefficient (Wildman–Crippen LogP) is 2.94. The molecule has 1 fully saturated rings. The van der Waals surface area contributed by atoms with E-state index in [1.54, 1.807) is 0 Å². The monoisotopic (exact) mass is 359 g/mol. The third-order valence-electron chi connectivity index (χ3n) is 3.99. The van der Waals surface area contributed by atoms with Crippen molar-refractivity contribution in [2.24, 2.45) is 5.92 Å². The van der Waals surface area contributed by atoms with Crippen LogP contribution in [0.1, 0.15) is 30.9 Å². The summed E-state index contributed by atoms with van der Waals surface area (Å²) in [5.41, 5.74) is 2.52. The van der Waals surface area contributed by atoms with Crippen molar-refractivity contribution in [1.82, 2.24) is 0 Å². The van der Waals surface area contributed by atoms with Gasteiger partial charge in [-0.3, -0.25) is 0 Å². The number of rotatable bonds is 3. The van der Waals surface area contributed by atoms with Crippen LogP contribution >= 0.6 is 22.6 Å². The van der Waals surface area contributed by atoms with Crippen molar-refractivity contribution >= 4 is 28.3 Å². The van der Waals surface area contributed by atoms with Crippen LogP contribution in [0.5, 0.6) is 0 Å². The Balaban J connectivity index is 1.89. The molecule has 2 heterocycles. The summed E-state index contributed by atoms with van der Waals surface area (Å²) >= 11 is 2.35. The van der Waals surface area contributed by atoms with E-state index in [9.17, 15) is 0 Å². The molecule has 0 aromatic heterocycles. The molecule has 0 aliphatic carbocycles. The van der Waals surface area contributed by atoms with E-state index in [0.29, 0.717) is 12.0 Å². The molecule has 3 nitrogen and oxygen atoms in total. The molecule has 2 N–H and O–H groups in total. The standard InChI is InChI=1S/C14H18INO2/c15-9-3-4-13-11(8-9)14-10(5-7-18-14)12(16-13)2-1-6-17/h3-4,8,10,12,14,16-17H,1-2,5-7H2/t10-,12?,14-/m0/s1. The van der Waals surface area contributed by atoms with Crippen molar-refractivity contribution in [3.63, 3.8) is 0 Å². The van der Waals surface area contributed by atoms with E-state index in [0.717, 1.165) is 25.9 Å². The van der Waals surface area contributed by atoms with Gasteiger partial charge in [-0.25, -0.2) is 0 Å². The van der Waals surface area contributed by atoms with Crippen LogP contribution in [0.15, 0.2) is 18.2 Å². The normalized spacial score (nSPS) is 29.6. The van der Waals surface area contributed by atoms with Gasteiger partial charge in [0.15, 0.2) is 0 Å². The molecule has 3 atom stereocenters. The summed E-state index contributed by atoms with van der Waals surface area (Å²) in [5, 5.41) is 12.6. The number of aliphatic hydroxyl groups is 1. The van der Waals surface area contributed by atoms with Crippen molar-refractivity contribution in [2.45, 2.75) is 31.4 Å². The van der Waals surface area contributed by atoms with Crippen molar-refractivity contribution < 1.29 is 9.84 Å². The van der Waals surface area contributed by atoms with Crippen LogP contribution in [-0.4, -0.2) is 24.4 Å². The summed E-state index contributed by atoms with van der Waals surface area (Å²) < 4.78 is 7.20. The van der Waals surface area contributed by atoms with E-state index >= 15 is 0 Å². The van der Waals surface area contributed by atoms with Gasteiger partial charge in [-0.1, -0.05) is 0 Å². The van der Waals surface area contributed by atoms with Gasteiger partial charge in [0.05, 0.1) is 6.10 Å². The van der Waals surface area contributed by atoms with Gasteiger partial charge in [0.2, 0.25) is 0 Å². The number of benzene rings is 1. The largest absolute Gasteiger partial charge is 0.396 e. The lowest BCUT2D eigenvalue weighted by molar-refractivity contribution is 0.0813. The van der Waals surface area contributed by atoms with Crippen LogP contribution < -0.4 is 5.32 Å². The first-order valence-electron chi connectivity index (χ1n) is 6.58. The van der Waals surface area contributed by atoms with Crippen LogP contribution in [0.2, 0.25) is 0 Å². The highest BCUT2D eigenvalue weighted by Gasteiger charge is 2.40. The second-order valence-electron chi connectivity index (χ2n) is 5.09. The molecule has 18 heavy (non-hydrogen) atoms. The Morgan fingerprint density at radius 2 is 2.33 bits per heavy atom. The van der Waals surface area contributed by atoms with E-state index < -0.39 is 0 Å². The third-order valence-corrected chi connectivity index (χ3v) is 4.66. The smallest absolute Gasteiger partial charge is 0.0893 e. The first kappa shape index (κ1) is 12.7. The first-order chi connectivity index (χ1) is 8.79. The Bertz CT molecular complexity index is 438. The van der Waals surface area contributed by atoms with Crippen LogP contribution in [-0.2, 0) is 4.74 Å². The first-order valence-corrected chi connectivity index (χ1v) is 7.66. The number of aliphatic hydroxyl groups excluding tert-OH is 1. The van der Waals surface area contributed by atoms with E-state index in [2.05, 4.69) is 46.1 Å². The summed E-state index contributed by atoms with van der Waals surface area (Å²) in [5.74, 6) is 0.558. The molecule has 1 saturated heterocycles. The molecule has 0 saturated carbocycles. The zero-order chi connectivity index (χ0) is 12.5. The molecule has 1 aromatic carbocycles. The van der Waals surface area contributed by atoms with E-state index in [-0.39, 0.29) is 12.7 Å². The van der Waals surface area contributed by atoms with E-state index in [4.69, 9.17) is 9.84 Å². The highest BCUT2D eigenvalue weighted by molar-refractivity contribution is 14.1. The minimum Gasteiger partial charge on any atom is -0.396 e. The molecule has 2 aliphatic rings. The maximum Gasteiger partial charge on any atom is 0.0893 e. The van der Waals surface area contributed by atoms with Gasteiger partial charge in [-0.15, -0.1) is 0 Å². The highest BCUT2D eigenvalue weighted by atomic mass is 127. The Kier molecular flexibility index (Phi) is 3.77. The van der Waals surface area contributed by atoms with Gasteiger partial charge < -0.3 is 15.2 Å². The third kappa shape index (κ3) is 2.26. The molecule has 0 spiro atoms. The molecule has 0 bridgehead atoms. The number of hydrogen-bond donors (Lipinski definition) is 2. The number of hydrogen-bond acceptors (Lipinski definition) is 3. The second-order valence-corrected chi connectivity index (χ2v) is 6.34. The lowest BCUT2D eigenvalue weighted by Gasteiger charge is -2.36. The Labute approximate surface area is 121 Å². The van der Waals surface area contributed by atoms with Crippen LogP contribution in [0.25, 0.3) is 0 Å². The minimum atomic E-state index is 0.250. The molecule has 1 aromatic rings. The number of anilines is 1. The van der Waals surface area contributed by atoms with Gasteiger partial charge in [0.1, 0.15) is 0 Å². The Morgan fingerprint density at radius 3 is 3.17 bits per heavy atom. The van der Waals surface area contributed by atoms with Gasteiger partial charge in [-0.2, -0.15) is 0 Å². The molecule has 2 aliphatic heterocycles. The fraction of sp³-hybridized carbons (Fsp3) is 0.571. The number of ether oxygens (including phenoxy) is 1. The number of nitrogens with one attached hydrogen (secondary N) is 1. The Hall–Kier alpha value is -0.330. The lowest BCUT2D eigenvalue weighted by atomic mass is 9.82. The second kappa shape index (κ2) is 5.35. The van der Waals surface area contributed by atoms with Gasteiger partial charge in [-0.05, 0) is 60.1 Å². The molecule has 1 unspecified atom stereocenters. The zero-order valence-electron chi connectivity index (χ0n) is 10.2. The van der Waals surface area contributed by atoms with Crippen molar-refractivity contribution in [2.75, 3.05) is 18.5 Å². The summed E-state index contributed by atoms with van der Waals surface area (Å²) in [7, 11) is 0. The van der Waals surface area contributed by atoms with Crippen molar-refractivity contribution in [1.29, 1.82) is 0 Å². The fourth-order valence-electron chi connectivity index (χ4n) is 3.14. The minimum absolute atomic E-state index is 0.250.